The highest BCUT2D eigenvalue weighted by Gasteiger charge is 2.44. The maximum absolute atomic E-state index is 5.29. The van der Waals surface area contributed by atoms with Crippen molar-refractivity contribution in [2.75, 3.05) is 0 Å². The van der Waals surface area contributed by atoms with Crippen LogP contribution in [0.4, 0.5) is 0 Å². The molecule has 1 rings (SSSR count). The fraction of sp³-hybridized carbons (Fsp3) is 1.00. The first-order valence-electron chi connectivity index (χ1n) is 2.82. The molecular weight excluding hydrogens is 104 g/mol. The van der Waals surface area contributed by atoms with Crippen LogP contribution in [0.2, 0.25) is 0 Å². The Bertz CT molecular complexity index is 83.1. The molecule has 1 heterocycles. The van der Waals surface area contributed by atoms with Crippen molar-refractivity contribution in [3.8, 4) is 0 Å². The maximum Gasteiger partial charge on any atom is 0.169 e. The fourth-order valence-corrected chi connectivity index (χ4v) is 1.19. The fourth-order valence-electron chi connectivity index (χ4n) is 1.19. The van der Waals surface area contributed by atoms with Crippen LogP contribution < -0.4 is 0 Å². The Morgan fingerprint density at radius 2 is 1.00 bits per heavy atom. The first-order valence-corrected chi connectivity index (χ1v) is 2.82. The quantitative estimate of drug-likeness (QED) is 0.477. The highest BCUT2D eigenvalue weighted by atomic mass is 16.9. The monoisotopic (exact) mass is 116 g/mol. The molecule has 0 atom stereocenters. The predicted molar refractivity (Wildman–Crippen MR) is 30.3 cm³/mol. The molecule has 1 aliphatic heterocycles. The zero-order valence-corrected chi connectivity index (χ0v) is 5.82. The van der Waals surface area contributed by atoms with E-state index in [1.165, 1.54) is 0 Å². The van der Waals surface area contributed by atoms with Gasteiger partial charge in [0.05, 0.1) is 0 Å². The van der Waals surface area contributed by atoms with E-state index in [0.29, 0.717) is 0 Å². The van der Waals surface area contributed by atoms with Gasteiger partial charge in [0.15, 0.2) is 11.6 Å². The molecule has 1 saturated heterocycles. The smallest absolute Gasteiger partial charge is 0.169 e. The molecule has 1 aliphatic rings. The van der Waals surface area contributed by atoms with Crippen molar-refractivity contribution in [1.29, 1.82) is 0 Å². The summed E-state index contributed by atoms with van der Waals surface area (Å²) in [6.07, 6.45) is 0. The van der Waals surface area contributed by atoms with Crippen LogP contribution in [0.5, 0.6) is 0 Å². The van der Waals surface area contributed by atoms with Gasteiger partial charge in [-0.1, -0.05) is 0 Å². The molecule has 0 aliphatic carbocycles. The van der Waals surface area contributed by atoms with E-state index in [0.717, 1.165) is 0 Å². The van der Waals surface area contributed by atoms with Crippen LogP contribution in [0.25, 0.3) is 0 Å². The summed E-state index contributed by atoms with van der Waals surface area (Å²) in [5.74, 6) is -0.688. The van der Waals surface area contributed by atoms with Gasteiger partial charge in [-0.2, -0.15) is 0 Å². The third kappa shape index (κ3) is 1.01. The molecule has 0 bridgehead atoms. The molecule has 2 nitrogen and oxygen atoms in total. The molecule has 0 aromatic carbocycles. The molecule has 48 valence electrons. The Morgan fingerprint density at radius 1 is 0.750 bits per heavy atom. The Labute approximate surface area is 49.8 Å². The van der Waals surface area contributed by atoms with Gasteiger partial charge >= 0.3 is 0 Å². The first-order chi connectivity index (χ1) is 3.41. The standard InChI is InChI=1S/C6H12O2/c1-5(2)7-6(3,4)8-5/h1-4H3. The highest BCUT2D eigenvalue weighted by Crippen LogP contribution is 2.36. The van der Waals surface area contributed by atoms with E-state index in [1.807, 2.05) is 27.7 Å². The van der Waals surface area contributed by atoms with Crippen molar-refractivity contribution in [3.63, 3.8) is 0 Å². The minimum absolute atomic E-state index is 0.344. The van der Waals surface area contributed by atoms with Gasteiger partial charge in [0, 0.05) is 0 Å². The van der Waals surface area contributed by atoms with Crippen molar-refractivity contribution in [3.05, 3.63) is 0 Å². The van der Waals surface area contributed by atoms with Gasteiger partial charge < -0.3 is 9.47 Å². The summed E-state index contributed by atoms with van der Waals surface area (Å²) >= 11 is 0. The normalized spacial score (nSPS) is 31.5. The molecule has 1 fully saturated rings. The second-order valence-electron chi connectivity index (χ2n) is 3.00. The van der Waals surface area contributed by atoms with Crippen LogP contribution in [-0.4, -0.2) is 11.6 Å². The van der Waals surface area contributed by atoms with E-state index >= 15 is 0 Å². The lowest BCUT2D eigenvalue weighted by molar-refractivity contribution is -0.484. The van der Waals surface area contributed by atoms with E-state index in [1.54, 1.807) is 0 Å². The van der Waals surface area contributed by atoms with Crippen LogP contribution in [0, 0.1) is 0 Å². The molecule has 0 amide bonds. The lowest BCUT2D eigenvalue weighted by Crippen LogP contribution is -2.55. The number of rotatable bonds is 0. The number of hydrogen-bond donors (Lipinski definition) is 0. The highest BCUT2D eigenvalue weighted by molar-refractivity contribution is 4.73. The van der Waals surface area contributed by atoms with E-state index in [-0.39, 0.29) is 11.6 Å². The van der Waals surface area contributed by atoms with Crippen molar-refractivity contribution < 1.29 is 9.47 Å². The van der Waals surface area contributed by atoms with Crippen LogP contribution in [-0.2, 0) is 9.47 Å². The van der Waals surface area contributed by atoms with Gasteiger partial charge in [-0.3, -0.25) is 0 Å². The Hall–Kier alpha value is -0.0800. The SMILES string of the molecule is CC1(C)OC(C)(C)O1. The van der Waals surface area contributed by atoms with Crippen LogP contribution in [0.1, 0.15) is 27.7 Å². The third-order valence-corrected chi connectivity index (χ3v) is 0.983. The second kappa shape index (κ2) is 1.25. The van der Waals surface area contributed by atoms with Crippen LogP contribution in [0.3, 0.4) is 0 Å². The lowest BCUT2D eigenvalue weighted by atomic mass is 10.2. The van der Waals surface area contributed by atoms with Crippen molar-refractivity contribution >= 4 is 0 Å². The van der Waals surface area contributed by atoms with Crippen molar-refractivity contribution in [1.82, 2.24) is 0 Å². The molecule has 0 spiro atoms. The minimum Gasteiger partial charge on any atom is -0.319 e. The van der Waals surface area contributed by atoms with E-state index < -0.39 is 0 Å². The van der Waals surface area contributed by atoms with Crippen LogP contribution in [0.15, 0.2) is 0 Å². The molecule has 8 heavy (non-hydrogen) atoms. The second-order valence-corrected chi connectivity index (χ2v) is 3.00. The number of ether oxygens (including phenoxy) is 2. The Balaban J connectivity index is 2.42. The zero-order valence-electron chi connectivity index (χ0n) is 5.82. The largest absolute Gasteiger partial charge is 0.319 e. The molecule has 2 heteroatoms. The Kier molecular flexibility index (Phi) is 0.946. The number of hydrogen-bond acceptors (Lipinski definition) is 2. The summed E-state index contributed by atoms with van der Waals surface area (Å²) in [5, 5.41) is 0. The average molecular weight is 116 g/mol. The summed E-state index contributed by atoms with van der Waals surface area (Å²) in [4.78, 5) is 0. The van der Waals surface area contributed by atoms with Crippen molar-refractivity contribution in [2.45, 2.75) is 39.3 Å². The molecule has 0 aromatic rings. The topological polar surface area (TPSA) is 18.5 Å². The molecule has 0 saturated carbocycles. The summed E-state index contributed by atoms with van der Waals surface area (Å²) in [5.41, 5.74) is 0. The summed E-state index contributed by atoms with van der Waals surface area (Å²) in [6, 6.07) is 0. The van der Waals surface area contributed by atoms with Gasteiger partial charge in [-0.05, 0) is 27.7 Å². The van der Waals surface area contributed by atoms with Gasteiger partial charge in [-0.25, -0.2) is 0 Å². The third-order valence-electron chi connectivity index (χ3n) is 0.983. The van der Waals surface area contributed by atoms with Gasteiger partial charge in [0.25, 0.3) is 0 Å². The molecule has 0 aromatic heterocycles. The van der Waals surface area contributed by atoms with E-state index in [9.17, 15) is 0 Å². The van der Waals surface area contributed by atoms with Gasteiger partial charge in [0.2, 0.25) is 0 Å². The van der Waals surface area contributed by atoms with Gasteiger partial charge in [-0.15, -0.1) is 0 Å². The first kappa shape index (κ1) is 6.05. The van der Waals surface area contributed by atoms with E-state index in [4.69, 9.17) is 9.47 Å². The van der Waals surface area contributed by atoms with Crippen LogP contribution >= 0.6 is 0 Å². The molecular formula is C6H12O2. The summed E-state index contributed by atoms with van der Waals surface area (Å²) in [6.45, 7) is 7.60. The average Bonchev–Trinajstić information content (AvgIpc) is 1.20. The molecule has 0 unspecified atom stereocenters. The predicted octanol–water partition coefficient (Wildman–Crippen LogP) is 1.51. The molecule has 0 N–H and O–H groups in total. The van der Waals surface area contributed by atoms with E-state index in [2.05, 4.69) is 0 Å². The summed E-state index contributed by atoms with van der Waals surface area (Å²) in [7, 11) is 0. The van der Waals surface area contributed by atoms with Crippen molar-refractivity contribution in [2.24, 2.45) is 0 Å². The van der Waals surface area contributed by atoms with Gasteiger partial charge in [0.1, 0.15) is 0 Å². The molecule has 0 radical (unpaired) electrons. The maximum atomic E-state index is 5.29. The summed E-state index contributed by atoms with van der Waals surface area (Å²) < 4.78 is 10.6. The minimum atomic E-state index is -0.344. The lowest BCUT2D eigenvalue weighted by Gasteiger charge is -2.48. The Morgan fingerprint density at radius 3 is 1.00 bits per heavy atom. The zero-order chi connectivity index (χ0) is 6.41.